The van der Waals surface area contributed by atoms with Crippen LogP contribution < -0.4 is 0 Å². The molecule has 0 saturated carbocycles. The molecule has 0 atom stereocenters. The molecule has 0 unspecified atom stereocenters. The van der Waals surface area contributed by atoms with E-state index in [-0.39, 0.29) is 0 Å². The Morgan fingerprint density at radius 3 is 1.20 bits per heavy atom. The van der Waals surface area contributed by atoms with Crippen molar-refractivity contribution in [1.29, 1.82) is 0 Å². The number of fused-ring (bicyclic) bond motifs is 17. The third-order valence-corrected chi connectivity index (χ3v) is 21.8. The number of thiophene rings is 1. The number of rotatable bonds is 10. The average molecular weight is 1330 g/mol. The minimum absolute atomic E-state index is 0.387. The van der Waals surface area contributed by atoms with E-state index in [1.165, 1.54) is 10.1 Å². The van der Waals surface area contributed by atoms with Gasteiger partial charge in [0.2, 0.25) is 0 Å². The van der Waals surface area contributed by atoms with Gasteiger partial charge in [-0.2, -0.15) is 0 Å². The maximum absolute atomic E-state index is 9.67. The summed E-state index contributed by atoms with van der Waals surface area (Å²) in [6.45, 7) is 9.67. The number of benzene rings is 15. The second kappa shape index (κ2) is 23.2. The van der Waals surface area contributed by atoms with Crippen LogP contribution in [-0.2, 0) is 0 Å². The van der Waals surface area contributed by atoms with E-state index in [9.17, 15) is 6.57 Å². The van der Waals surface area contributed by atoms with Gasteiger partial charge in [0.15, 0.2) is 23.2 Å². The zero-order valence-corrected chi connectivity index (χ0v) is 55.9. The Labute approximate surface area is 594 Å². The Balaban J connectivity index is 0.960. The van der Waals surface area contributed by atoms with Crippen LogP contribution in [0.5, 0.6) is 0 Å². The van der Waals surface area contributed by atoms with Crippen molar-refractivity contribution in [3.8, 4) is 101 Å². The van der Waals surface area contributed by atoms with Gasteiger partial charge in [-0.3, -0.25) is 0 Å². The van der Waals surface area contributed by atoms with Crippen LogP contribution >= 0.6 is 11.3 Å². The molecule has 15 aromatic carbocycles. The molecule has 0 aliphatic carbocycles. The summed E-state index contributed by atoms with van der Waals surface area (Å²) in [6, 6.07) is 115. The zero-order chi connectivity index (χ0) is 67.8. The molecule has 0 amide bonds. The lowest BCUT2D eigenvalue weighted by Crippen LogP contribution is -2.10. The molecule has 21 aromatic rings. The molecule has 103 heavy (non-hydrogen) atoms. The Morgan fingerprint density at radius 1 is 0.291 bits per heavy atom. The minimum Gasteiger partial charge on any atom is -0.455 e. The van der Waals surface area contributed by atoms with Gasteiger partial charge < -0.3 is 18.0 Å². The Kier molecular flexibility index (Phi) is 13.1. The Bertz CT molecular complexity index is 7090. The van der Waals surface area contributed by atoms with Gasteiger partial charge in [0.1, 0.15) is 22.3 Å². The van der Waals surface area contributed by atoms with Crippen molar-refractivity contribution >= 4 is 125 Å². The molecule has 9 heteroatoms. The van der Waals surface area contributed by atoms with Gasteiger partial charge >= 0.3 is 0 Å². The number of aromatic nitrogens is 5. The van der Waals surface area contributed by atoms with Crippen molar-refractivity contribution in [3.05, 3.63) is 339 Å². The topological polar surface area (TPSA) is 79.2 Å². The molecular weight excluding hydrogens is 1280 g/mol. The standard InChI is InChI=1S/C94H54N6O2S/c1-95-76-55-75(94-97-92(61-33-18-7-19-34-61)96-93(98-94)70-37-22-36-69-66-35-20-21-38-83(66)103-91(69)70)87(99-77-45-39-62(56-23-8-2-9-24-56)53-73(77)85-79(99)47-43-67-71-51-64(58-27-12-4-13-28-58)41-49-81(71)101-89(67)85)88(84(76)60-31-16-6-17-32-60)100-78-46-40-63(57-25-10-3-11-26-57)54-74(78)86-80(100)48-44-68-72-52-65(59-29-14-5-15-30-59)42-50-82(72)102-90(68)86/h2-55H. The third kappa shape index (κ3) is 9.18. The van der Waals surface area contributed by atoms with E-state index in [0.29, 0.717) is 28.7 Å². The predicted octanol–water partition coefficient (Wildman–Crippen LogP) is 26.1. The molecule has 6 heterocycles. The summed E-state index contributed by atoms with van der Waals surface area (Å²) in [6.07, 6.45) is 0. The highest BCUT2D eigenvalue weighted by Crippen LogP contribution is 2.53. The monoisotopic (exact) mass is 1330 g/mol. The average Bonchev–Trinajstić information content (AvgIpc) is 1.55. The van der Waals surface area contributed by atoms with Crippen molar-refractivity contribution in [3.63, 3.8) is 0 Å². The van der Waals surface area contributed by atoms with E-state index in [1.807, 2.05) is 30.3 Å². The number of furan rings is 2. The molecule has 478 valence electrons. The van der Waals surface area contributed by atoms with Crippen molar-refractivity contribution in [2.75, 3.05) is 0 Å². The van der Waals surface area contributed by atoms with Crippen LogP contribution in [0.4, 0.5) is 5.69 Å². The van der Waals surface area contributed by atoms with Crippen LogP contribution in [0.3, 0.4) is 0 Å². The van der Waals surface area contributed by atoms with E-state index in [0.717, 1.165) is 176 Å². The highest BCUT2D eigenvalue weighted by Gasteiger charge is 2.33. The molecule has 6 aromatic heterocycles. The van der Waals surface area contributed by atoms with Crippen molar-refractivity contribution in [1.82, 2.24) is 24.1 Å². The smallest absolute Gasteiger partial charge is 0.197 e. The van der Waals surface area contributed by atoms with Crippen LogP contribution in [0.25, 0.3) is 214 Å². The third-order valence-electron chi connectivity index (χ3n) is 20.6. The highest BCUT2D eigenvalue weighted by atomic mass is 32.1. The highest BCUT2D eigenvalue weighted by molar-refractivity contribution is 7.26. The molecule has 0 spiro atoms. The van der Waals surface area contributed by atoms with E-state index >= 15 is 0 Å². The molecule has 0 radical (unpaired) electrons. The fraction of sp³-hybridized carbons (Fsp3) is 0. The van der Waals surface area contributed by atoms with E-state index in [1.54, 1.807) is 11.3 Å². The van der Waals surface area contributed by atoms with Gasteiger partial charge in [0, 0.05) is 74.7 Å². The first-order valence-electron chi connectivity index (χ1n) is 34.5. The zero-order valence-electron chi connectivity index (χ0n) is 55.1. The van der Waals surface area contributed by atoms with Gasteiger partial charge in [-0.15, -0.1) is 11.3 Å². The van der Waals surface area contributed by atoms with Crippen LogP contribution in [0.15, 0.2) is 336 Å². The molecule has 0 N–H and O–H groups in total. The fourth-order valence-electron chi connectivity index (χ4n) is 15.9. The summed E-state index contributed by atoms with van der Waals surface area (Å²) in [5.74, 6) is 1.38. The van der Waals surface area contributed by atoms with Gasteiger partial charge in [0.25, 0.3) is 0 Å². The Morgan fingerprint density at radius 2 is 0.699 bits per heavy atom. The van der Waals surface area contributed by atoms with E-state index in [4.69, 9.17) is 23.8 Å². The molecule has 0 bridgehead atoms. The fourth-order valence-corrected chi connectivity index (χ4v) is 17.1. The molecule has 0 aliphatic heterocycles. The Hall–Kier alpha value is -13.8. The van der Waals surface area contributed by atoms with Crippen molar-refractivity contribution in [2.45, 2.75) is 0 Å². The van der Waals surface area contributed by atoms with Crippen LogP contribution in [0.2, 0.25) is 0 Å². The first-order valence-corrected chi connectivity index (χ1v) is 35.3. The summed E-state index contributed by atoms with van der Waals surface area (Å²) >= 11 is 1.74. The summed E-state index contributed by atoms with van der Waals surface area (Å²) in [7, 11) is 0. The lowest BCUT2D eigenvalue weighted by molar-refractivity contribution is 0.672. The quantitative estimate of drug-likeness (QED) is 0.128. The number of hydrogen-bond acceptors (Lipinski definition) is 6. The minimum atomic E-state index is 0.387. The van der Waals surface area contributed by atoms with Crippen LogP contribution in [0.1, 0.15) is 0 Å². The van der Waals surface area contributed by atoms with E-state index in [2.05, 4.69) is 311 Å². The first-order chi connectivity index (χ1) is 51.0. The summed E-state index contributed by atoms with van der Waals surface area (Å²) in [4.78, 5) is 21.7. The van der Waals surface area contributed by atoms with Gasteiger partial charge in [0.05, 0.1) is 50.8 Å². The molecule has 0 fully saturated rings. The normalized spacial score (nSPS) is 11.9. The SMILES string of the molecule is [C-]#[N+]c1cc(-c2nc(-c3ccccc3)nc(-c3cccc4c3sc3ccccc34)n2)c(-n2c3ccc(-c4ccccc4)cc3c3c4oc5ccc(-c6ccccc6)cc5c4ccc32)c(-n2c3ccc(-c4ccccc4)cc3c3c4oc5ccc(-c6ccccc6)cc5c4ccc32)c1-c1ccccc1. The lowest BCUT2D eigenvalue weighted by Gasteiger charge is -2.25. The summed E-state index contributed by atoms with van der Waals surface area (Å²) in [5.41, 5.74) is 21.1. The van der Waals surface area contributed by atoms with Crippen LogP contribution in [0, 0.1) is 6.57 Å². The van der Waals surface area contributed by atoms with E-state index < -0.39 is 0 Å². The second-order valence-corrected chi connectivity index (χ2v) is 27.4. The van der Waals surface area contributed by atoms with Gasteiger partial charge in [-0.1, -0.05) is 237 Å². The first kappa shape index (κ1) is 58.2. The van der Waals surface area contributed by atoms with Crippen LogP contribution in [-0.4, -0.2) is 24.1 Å². The number of nitrogens with zero attached hydrogens (tertiary/aromatic N) is 6. The number of hydrogen-bond donors (Lipinski definition) is 0. The lowest BCUT2D eigenvalue weighted by atomic mass is 9.95. The van der Waals surface area contributed by atoms with Crippen molar-refractivity contribution < 1.29 is 8.83 Å². The molecule has 8 nitrogen and oxygen atoms in total. The largest absolute Gasteiger partial charge is 0.455 e. The summed E-state index contributed by atoms with van der Waals surface area (Å²) in [5, 5.41) is 10.1. The van der Waals surface area contributed by atoms with Gasteiger partial charge in [-0.05, 0) is 141 Å². The molecule has 0 aliphatic rings. The second-order valence-electron chi connectivity index (χ2n) is 26.3. The molecule has 0 saturated heterocycles. The summed E-state index contributed by atoms with van der Waals surface area (Å²) < 4.78 is 21.7. The van der Waals surface area contributed by atoms with Gasteiger partial charge in [-0.25, -0.2) is 19.8 Å². The molecule has 21 rings (SSSR count). The van der Waals surface area contributed by atoms with Crippen molar-refractivity contribution in [2.24, 2.45) is 0 Å². The molecular formula is C94H54N6O2S. The maximum atomic E-state index is 9.67. The predicted molar refractivity (Wildman–Crippen MR) is 426 cm³/mol. The maximum Gasteiger partial charge on any atom is 0.197 e.